The first-order valence-corrected chi connectivity index (χ1v) is 10.5. The number of hydrogen-bond donors (Lipinski definition) is 1. The first-order chi connectivity index (χ1) is 13.4. The number of hydrogen-bond acceptors (Lipinski definition) is 5. The van der Waals surface area contributed by atoms with Gasteiger partial charge in [0.15, 0.2) is 0 Å². The van der Waals surface area contributed by atoms with Crippen molar-refractivity contribution in [2.24, 2.45) is 0 Å². The van der Waals surface area contributed by atoms with Gasteiger partial charge in [-0.3, -0.25) is 19.5 Å². The molecule has 0 saturated heterocycles. The Balaban J connectivity index is 1.90. The van der Waals surface area contributed by atoms with Gasteiger partial charge in [-0.1, -0.05) is 15.9 Å². The lowest BCUT2D eigenvalue weighted by Crippen LogP contribution is -2.55. The lowest BCUT2D eigenvalue weighted by Gasteiger charge is -2.46. The van der Waals surface area contributed by atoms with Crippen molar-refractivity contribution >= 4 is 38.7 Å². The van der Waals surface area contributed by atoms with Crippen LogP contribution in [0.3, 0.4) is 0 Å². The molecule has 0 saturated carbocycles. The summed E-state index contributed by atoms with van der Waals surface area (Å²) in [4.78, 5) is 32.6. The van der Waals surface area contributed by atoms with Crippen molar-refractivity contribution in [2.45, 2.75) is 51.7 Å². The summed E-state index contributed by atoms with van der Waals surface area (Å²) in [6.07, 6.45) is 0.950. The van der Waals surface area contributed by atoms with Gasteiger partial charge in [0.2, 0.25) is 0 Å². The third-order valence-electron chi connectivity index (χ3n) is 5.60. The van der Waals surface area contributed by atoms with Crippen LogP contribution in [0.4, 0.5) is 0 Å². The molecule has 0 bridgehead atoms. The van der Waals surface area contributed by atoms with E-state index in [-0.39, 0.29) is 36.4 Å². The van der Waals surface area contributed by atoms with E-state index in [4.69, 9.17) is 9.72 Å². The molecule has 4 rings (SSSR count). The molecule has 1 aromatic carbocycles. The quantitative estimate of drug-likeness (QED) is 0.730. The number of nitrogens with one attached hydrogen (secondary N) is 1. The Morgan fingerprint density at radius 2 is 2.21 bits per heavy atom. The highest BCUT2D eigenvalue weighted by molar-refractivity contribution is 9.10. The fourth-order valence-corrected chi connectivity index (χ4v) is 4.85. The van der Waals surface area contributed by atoms with Crippen LogP contribution >= 0.6 is 15.9 Å². The Morgan fingerprint density at radius 1 is 1.43 bits per heavy atom. The van der Waals surface area contributed by atoms with E-state index in [0.29, 0.717) is 12.2 Å². The minimum Gasteiger partial charge on any atom is -0.466 e. The predicted octanol–water partition coefficient (Wildman–Crippen LogP) is 3.37. The largest absolute Gasteiger partial charge is 0.466 e. The zero-order chi connectivity index (χ0) is 20.0. The molecule has 0 radical (unpaired) electrons. The van der Waals surface area contributed by atoms with Crippen molar-refractivity contribution in [3.05, 3.63) is 39.5 Å². The summed E-state index contributed by atoms with van der Waals surface area (Å²) in [6, 6.07) is 5.71. The lowest BCUT2D eigenvalue weighted by atomic mass is 9.81. The molecule has 28 heavy (non-hydrogen) atoms. The van der Waals surface area contributed by atoms with Gasteiger partial charge in [-0.05, 0) is 39.0 Å². The highest BCUT2D eigenvalue weighted by atomic mass is 79.9. The summed E-state index contributed by atoms with van der Waals surface area (Å²) in [5, 5.41) is 3.94. The zero-order valence-electron chi connectivity index (χ0n) is 16.3. The Bertz CT molecular complexity index is 960. The maximum Gasteiger partial charge on any atom is 0.307 e. The van der Waals surface area contributed by atoms with Crippen molar-refractivity contribution in [1.29, 1.82) is 0 Å². The predicted molar refractivity (Wildman–Crippen MR) is 110 cm³/mol. The normalized spacial score (nSPS) is 21.5. The van der Waals surface area contributed by atoms with Crippen LogP contribution in [0.5, 0.6) is 0 Å². The Hall–Kier alpha value is -1.99. The van der Waals surface area contributed by atoms with Gasteiger partial charge in [0.05, 0.1) is 36.2 Å². The number of nitrogens with zero attached hydrogens (tertiary/aromatic N) is 2. The molecule has 1 amide bonds. The minimum absolute atomic E-state index is 0.0864. The molecule has 0 aliphatic carbocycles. The number of carbonyl (C=O) groups excluding carboxylic acids is 2. The molecule has 2 aliphatic heterocycles. The maximum atomic E-state index is 13.2. The number of aromatic nitrogens is 1. The Kier molecular flexibility index (Phi) is 5.14. The van der Waals surface area contributed by atoms with Gasteiger partial charge in [0.1, 0.15) is 0 Å². The number of halogens is 1. The molecule has 2 atom stereocenters. The fraction of sp³-hybridized carbons (Fsp3) is 0.476. The van der Waals surface area contributed by atoms with E-state index in [9.17, 15) is 9.59 Å². The smallest absolute Gasteiger partial charge is 0.307 e. The molecule has 1 N–H and O–H groups in total. The van der Waals surface area contributed by atoms with E-state index in [1.54, 1.807) is 6.92 Å². The molecule has 0 unspecified atom stereocenters. The van der Waals surface area contributed by atoms with Crippen LogP contribution < -0.4 is 5.32 Å². The molecule has 1 aromatic heterocycles. The summed E-state index contributed by atoms with van der Waals surface area (Å²) in [5.41, 5.74) is 3.46. The second kappa shape index (κ2) is 7.44. The summed E-state index contributed by atoms with van der Waals surface area (Å²) in [7, 11) is 0. The van der Waals surface area contributed by atoms with Crippen LogP contribution in [0.2, 0.25) is 0 Å². The SMILES string of the molecule is CCOC(=O)C[C@@H]1NC(=O)c2c3c(nc4ccc(Br)cc24)CCN(C(C)C)[C@@H]31. The van der Waals surface area contributed by atoms with Crippen molar-refractivity contribution in [1.82, 2.24) is 15.2 Å². The number of ether oxygens (including phenoxy) is 1. The van der Waals surface area contributed by atoms with E-state index in [1.165, 1.54) is 0 Å². The number of rotatable bonds is 4. The Labute approximate surface area is 172 Å². The van der Waals surface area contributed by atoms with Crippen molar-refractivity contribution in [2.75, 3.05) is 13.2 Å². The number of esters is 1. The van der Waals surface area contributed by atoms with Crippen LogP contribution in [0.25, 0.3) is 10.9 Å². The van der Waals surface area contributed by atoms with Crippen molar-refractivity contribution in [3.8, 4) is 0 Å². The zero-order valence-corrected chi connectivity index (χ0v) is 17.9. The van der Waals surface area contributed by atoms with Gasteiger partial charge < -0.3 is 10.1 Å². The monoisotopic (exact) mass is 445 g/mol. The first kappa shape index (κ1) is 19.3. The molecule has 0 spiro atoms. The van der Waals surface area contributed by atoms with Crippen molar-refractivity contribution in [3.63, 3.8) is 0 Å². The highest BCUT2D eigenvalue weighted by Crippen LogP contribution is 2.42. The van der Waals surface area contributed by atoms with Gasteiger partial charge in [0, 0.05) is 40.1 Å². The number of amides is 1. The lowest BCUT2D eigenvalue weighted by molar-refractivity contribution is -0.144. The first-order valence-electron chi connectivity index (χ1n) is 9.75. The van der Waals surface area contributed by atoms with E-state index in [1.807, 2.05) is 18.2 Å². The van der Waals surface area contributed by atoms with Crippen LogP contribution in [0.1, 0.15) is 54.8 Å². The van der Waals surface area contributed by atoms with E-state index < -0.39 is 0 Å². The van der Waals surface area contributed by atoms with Crippen LogP contribution in [-0.4, -0.2) is 47.0 Å². The van der Waals surface area contributed by atoms with Gasteiger partial charge in [-0.2, -0.15) is 0 Å². The Morgan fingerprint density at radius 3 is 2.93 bits per heavy atom. The van der Waals surface area contributed by atoms with Crippen LogP contribution in [-0.2, 0) is 16.0 Å². The average molecular weight is 446 g/mol. The van der Waals surface area contributed by atoms with E-state index in [2.05, 4.69) is 40.0 Å². The topological polar surface area (TPSA) is 71.5 Å². The maximum absolute atomic E-state index is 13.2. The van der Waals surface area contributed by atoms with E-state index in [0.717, 1.165) is 39.6 Å². The number of pyridine rings is 1. The molecule has 3 heterocycles. The van der Waals surface area contributed by atoms with Gasteiger partial charge in [-0.25, -0.2) is 0 Å². The van der Waals surface area contributed by atoms with Gasteiger partial charge in [-0.15, -0.1) is 0 Å². The average Bonchev–Trinajstić information content (AvgIpc) is 2.64. The summed E-state index contributed by atoms with van der Waals surface area (Å²) in [5.74, 6) is -0.429. The van der Waals surface area contributed by atoms with Gasteiger partial charge >= 0.3 is 5.97 Å². The number of benzene rings is 1. The molecular formula is C21H24BrN3O3. The molecule has 2 aromatic rings. The number of fused-ring (bicyclic) bond motifs is 2. The molecule has 2 aliphatic rings. The second-order valence-corrected chi connectivity index (χ2v) is 8.54. The van der Waals surface area contributed by atoms with E-state index >= 15 is 0 Å². The van der Waals surface area contributed by atoms with Crippen LogP contribution in [0.15, 0.2) is 22.7 Å². The minimum atomic E-state index is -0.327. The summed E-state index contributed by atoms with van der Waals surface area (Å²) in [6.45, 7) is 7.26. The molecule has 0 fully saturated rings. The highest BCUT2D eigenvalue weighted by Gasteiger charge is 2.44. The third kappa shape index (κ3) is 3.20. The number of carbonyl (C=O) groups is 2. The van der Waals surface area contributed by atoms with Crippen LogP contribution in [0, 0.1) is 0 Å². The van der Waals surface area contributed by atoms with Crippen molar-refractivity contribution < 1.29 is 14.3 Å². The fourth-order valence-electron chi connectivity index (χ4n) is 4.49. The molecule has 148 valence electrons. The standard InChI is InChI=1S/C21H24BrN3O3/c1-4-28-17(26)10-16-20-19-15(7-8-25(20)11(2)3)23-14-6-5-12(22)9-13(14)18(19)21(27)24-16/h5-6,9,11,16,20H,4,7-8,10H2,1-3H3,(H,24,27)/t16-,20+/m0/s1. The summed E-state index contributed by atoms with van der Waals surface area (Å²) >= 11 is 3.51. The van der Waals surface area contributed by atoms with Gasteiger partial charge in [0.25, 0.3) is 5.91 Å². The molecular weight excluding hydrogens is 422 g/mol. The molecule has 7 heteroatoms. The third-order valence-corrected chi connectivity index (χ3v) is 6.10. The molecule has 6 nitrogen and oxygen atoms in total. The summed E-state index contributed by atoms with van der Waals surface area (Å²) < 4.78 is 6.07. The second-order valence-electron chi connectivity index (χ2n) is 7.62.